The first-order valence-electron chi connectivity index (χ1n) is 6.60. The zero-order valence-electron chi connectivity index (χ0n) is 12.4. The molecule has 0 bridgehead atoms. The molecule has 0 atom stereocenters. The van der Waals surface area contributed by atoms with Gasteiger partial charge in [0.25, 0.3) is 0 Å². The van der Waals surface area contributed by atoms with Gasteiger partial charge in [0.15, 0.2) is 11.5 Å². The molecule has 116 valence electrons. The van der Waals surface area contributed by atoms with Gasteiger partial charge in [-0.1, -0.05) is 0 Å². The number of carbonyl (C=O) groups excluding carboxylic acids is 1. The number of anilines is 1. The number of methoxy groups -OCH3 is 3. The maximum Gasteiger partial charge on any atom is 0.316 e. The Hall–Kier alpha value is -1.82. The second-order valence-electron chi connectivity index (χ2n) is 4.58. The van der Waals surface area contributed by atoms with Crippen molar-refractivity contribution in [2.75, 3.05) is 52.4 Å². The zero-order valence-corrected chi connectivity index (χ0v) is 13.1. The second kappa shape index (κ2) is 6.76. The van der Waals surface area contributed by atoms with E-state index < -0.39 is 5.37 Å². The van der Waals surface area contributed by atoms with Gasteiger partial charge < -0.3 is 24.0 Å². The predicted octanol–water partition coefficient (Wildman–Crippen LogP) is 2.19. The molecule has 1 aromatic carbocycles. The summed E-state index contributed by atoms with van der Waals surface area (Å²) >= 11 is 5.50. The largest absolute Gasteiger partial charge is 0.493 e. The Balaban J connectivity index is 2.26. The summed E-state index contributed by atoms with van der Waals surface area (Å²) in [6, 6.07) is 3.77. The van der Waals surface area contributed by atoms with Crippen molar-refractivity contribution in [3.05, 3.63) is 12.1 Å². The lowest BCUT2D eigenvalue weighted by Crippen LogP contribution is -2.47. The van der Waals surface area contributed by atoms with E-state index in [1.807, 2.05) is 12.1 Å². The van der Waals surface area contributed by atoms with Gasteiger partial charge in [-0.3, -0.25) is 4.79 Å². The van der Waals surface area contributed by atoms with Crippen molar-refractivity contribution in [3.8, 4) is 17.2 Å². The predicted molar refractivity (Wildman–Crippen MR) is 81.1 cm³/mol. The highest BCUT2D eigenvalue weighted by molar-refractivity contribution is 6.62. The topological polar surface area (TPSA) is 51.2 Å². The highest BCUT2D eigenvalue weighted by Crippen LogP contribution is 2.44. The van der Waals surface area contributed by atoms with Gasteiger partial charge in [-0.15, -0.1) is 0 Å². The van der Waals surface area contributed by atoms with E-state index in [-0.39, 0.29) is 0 Å². The summed E-state index contributed by atoms with van der Waals surface area (Å²) < 4.78 is 16.1. The van der Waals surface area contributed by atoms with Crippen molar-refractivity contribution in [2.45, 2.75) is 0 Å². The number of ether oxygens (including phenoxy) is 3. The molecule has 0 saturated carbocycles. The van der Waals surface area contributed by atoms with Crippen LogP contribution in [0.4, 0.5) is 10.5 Å². The number of piperazine rings is 1. The van der Waals surface area contributed by atoms with Crippen LogP contribution in [-0.2, 0) is 0 Å². The van der Waals surface area contributed by atoms with Crippen LogP contribution in [0.3, 0.4) is 0 Å². The first-order valence-corrected chi connectivity index (χ1v) is 6.98. The minimum absolute atomic E-state index is 0.408. The average Bonchev–Trinajstić information content (AvgIpc) is 2.53. The van der Waals surface area contributed by atoms with Crippen LogP contribution in [0.25, 0.3) is 0 Å². The summed E-state index contributed by atoms with van der Waals surface area (Å²) in [5.41, 5.74) is 0.914. The van der Waals surface area contributed by atoms with Gasteiger partial charge >= 0.3 is 5.37 Å². The van der Waals surface area contributed by atoms with E-state index in [2.05, 4.69) is 4.90 Å². The number of carbonyl (C=O) groups is 1. The Morgan fingerprint density at radius 1 is 1.00 bits per heavy atom. The van der Waals surface area contributed by atoms with Gasteiger partial charge in [0, 0.05) is 26.2 Å². The molecule has 0 N–H and O–H groups in total. The fraction of sp³-hybridized carbons (Fsp3) is 0.500. The molecule has 0 unspecified atom stereocenters. The van der Waals surface area contributed by atoms with Crippen molar-refractivity contribution < 1.29 is 19.0 Å². The third-order valence-corrected chi connectivity index (χ3v) is 3.79. The van der Waals surface area contributed by atoms with E-state index in [0.717, 1.165) is 5.69 Å². The fourth-order valence-electron chi connectivity index (χ4n) is 2.46. The maximum absolute atomic E-state index is 11.2. The normalized spacial score (nSPS) is 14.9. The van der Waals surface area contributed by atoms with Crippen LogP contribution >= 0.6 is 11.6 Å². The van der Waals surface area contributed by atoms with Crippen LogP contribution in [0.5, 0.6) is 17.2 Å². The van der Waals surface area contributed by atoms with Crippen molar-refractivity contribution in [1.82, 2.24) is 4.90 Å². The molecule has 1 amide bonds. The van der Waals surface area contributed by atoms with Gasteiger partial charge in [-0.05, 0) is 23.7 Å². The van der Waals surface area contributed by atoms with Crippen LogP contribution in [-0.4, -0.2) is 57.8 Å². The molecule has 1 aliphatic rings. The lowest BCUT2D eigenvalue weighted by atomic mass is 10.2. The van der Waals surface area contributed by atoms with Crippen molar-refractivity contribution in [2.24, 2.45) is 0 Å². The molecular formula is C14H19ClN2O4. The smallest absolute Gasteiger partial charge is 0.316 e. The van der Waals surface area contributed by atoms with Crippen LogP contribution in [0, 0.1) is 0 Å². The average molecular weight is 315 g/mol. The first kappa shape index (κ1) is 15.6. The van der Waals surface area contributed by atoms with Crippen LogP contribution in [0.15, 0.2) is 12.1 Å². The van der Waals surface area contributed by atoms with E-state index in [4.69, 9.17) is 25.8 Å². The first-order chi connectivity index (χ1) is 10.1. The number of rotatable bonds is 4. The molecule has 7 heteroatoms. The third-order valence-electron chi connectivity index (χ3n) is 3.55. The number of amides is 1. The summed E-state index contributed by atoms with van der Waals surface area (Å²) in [5.74, 6) is 1.81. The molecule has 0 spiro atoms. The lowest BCUT2D eigenvalue weighted by molar-refractivity contribution is 0.218. The van der Waals surface area contributed by atoms with Crippen LogP contribution in [0.1, 0.15) is 0 Å². The summed E-state index contributed by atoms with van der Waals surface area (Å²) in [6.07, 6.45) is 0. The van der Waals surface area contributed by atoms with E-state index in [1.165, 1.54) is 0 Å². The van der Waals surface area contributed by atoms with Gasteiger partial charge in [0.05, 0.1) is 27.0 Å². The minimum atomic E-state index is -0.408. The SMILES string of the molecule is COc1ccc(N2CCN(C(=O)Cl)CC2)c(OC)c1OC. The van der Waals surface area contributed by atoms with Crippen molar-refractivity contribution in [1.29, 1.82) is 0 Å². The number of halogens is 1. The molecule has 1 saturated heterocycles. The van der Waals surface area contributed by atoms with Crippen molar-refractivity contribution >= 4 is 22.7 Å². The monoisotopic (exact) mass is 314 g/mol. The lowest BCUT2D eigenvalue weighted by Gasteiger charge is -2.35. The van der Waals surface area contributed by atoms with Crippen LogP contribution < -0.4 is 19.1 Å². The number of hydrogen-bond donors (Lipinski definition) is 0. The van der Waals surface area contributed by atoms with Gasteiger partial charge in [-0.25, -0.2) is 0 Å². The Labute approximate surface area is 129 Å². The molecule has 21 heavy (non-hydrogen) atoms. The maximum atomic E-state index is 11.2. The van der Waals surface area contributed by atoms with Crippen LogP contribution in [0.2, 0.25) is 0 Å². The summed E-state index contributed by atoms with van der Waals surface area (Å²) in [7, 11) is 4.76. The second-order valence-corrected chi connectivity index (χ2v) is 4.90. The minimum Gasteiger partial charge on any atom is -0.493 e. The molecule has 1 fully saturated rings. The van der Waals surface area contributed by atoms with Gasteiger partial charge in [0.2, 0.25) is 5.75 Å². The van der Waals surface area contributed by atoms with E-state index in [0.29, 0.717) is 43.4 Å². The van der Waals surface area contributed by atoms with Gasteiger partial charge in [-0.2, -0.15) is 0 Å². The molecular weight excluding hydrogens is 296 g/mol. The quantitative estimate of drug-likeness (QED) is 0.630. The number of benzene rings is 1. The third kappa shape index (κ3) is 3.10. The molecule has 1 aromatic rings. The number of hydrogen-bond acceptors (Lipinski definition) is 5. The Kier molecular flexibility index (Phi) is 5.01. The molecule has 0 aliphatic carbocycles. The van der Waals surface area contributed by atoms with Crippen molar-refractivity contribution in [3.63, 3.8) is 0 Å². The molecule has 2 rings (SSSR count). The Morgan fingerprint density at radius 3 is 2.10 bits per heavy atom. The summed E-state index contributed by atoms with van der Waals surface area (Å²) in [4.78, 5) is 14.9. The van der Waals surface area contributed by atoms with E-state index in [9.17, 15) is 4.79 Å². The van der Waals surface area contributed by atoms with Gasteiger partial charge in [0.1, 0.15) is 0 Å². The Bertz CT molecular complexity index is 516. The fourth-order valence-corrected chi connectivity index (χ4v) is 2.63. The molecule has 0 aromatic heterocycles. The summed E-state index contributed by atoms with van der Waals surface area (Å²) in [6.45, 7) is 2.54. The Morgan fingerprint density at radius 2 is 1.62 bits per heavy atom. The molecule has 0 radical (unpaired) electrons. The molecule has 1 aliphatic heterocycles. The molecule has 6 nitrogen and oxygen atoms in total. The van der Waals surface area contributed by atoms with E-state index in [1.54, 1.807) is 26.2 Å². The highest BCUT2D eigenvalue weighted by Gasteiger charge is 2.24. The summed E-state index contributed by atoms with van der Waals surface area (Å²) in [5, 5.41) is -0.408. The number of nitrogens with zero attached hydrogens (tertiary/aromatic N) is 2. The van der Waals surface area contributed by atoms with E-state index >= 15 is 0 Å². The highest BCUT2D eigenvalue weighted by atomic mass is 35.5. The molecule has 1 heterocycles. The zero-order chi connectivity index (χ0) is 15.4. The standard InChI is InChI=1S/C14H19ClN2O4/c1-19-11-5-4-10(12(20-2)13(11)21-3)16-6-8-17(9-7-16)14(15)18/h4-5H,6-9H2,1-3H3.